The van der Waals surface area contributed by atoms with Gasteiger partial charge in [0.2, 0.25) is 0 Å². The average Bonchev–Trinajstić information content (AvgIpc) is 3.06. The molecule has 0 radical (unpaired) electrons. The van der Waals surface area contributed by atoms with Crippen LogP contribution in [-0.2, 0) is 13.1 Å². The van der Waals surface area contributed by atoms with Gasteiger partial charge < -0.3 is 10.1 Å². The maximum absolute atomic E-state index is 13.0. The summed E-state index contributed by atoms with van der Waals surface area (Å²) in [5, 5.41) is 10.5. The third kappa shape index (κ3) is 4.00. The summed E-state index contributed by atoms with van der Waals surface area (Å²) in [4.78, 5) is 0. The van der Waals surface area contributed by atoms with Crippen LogP contribution < -0.4 is 10.1 Å². The number of ether oxygens (including phenoxy) is 1. The molecule has 2 N–H and O–H groups in total. The van der Waals surface area contributed by atoms with Crippen molar-refractivity contribution in [2.45, 2.75) is 20.0 Å². The van der Waals surface area contributed by atoms with Gasteiger partial charge in [0.25, 0.3) is 0 Å². The summed E-state index contributed by atoms with van der Waals surface area (Å²) in [6.45, 7) is 4.07. The molecule has 3 aromatic rings. The zero-order valence-electron chi connectivity index (χ0n) is 13.6. The Morgan fingerprint density at radius 1 is 1.04 bits per heavy atom. The van der Waals surface area contributed by atoms with E-state index in [-0.39, 0.29) is 5.82 Å². The first-order valence-corrected chi connectivity index (χ1v) is 7.97. The van der Waals surface area contributed by atoms with Gasteiger partial charge in [-0.1, -0.05) is 12.1 Å². The Kier molecular flexibility index (Phi) is 5.23. The molecule has 0 atom stereocenters. The number of benzene rings is 2. The average molecular weight is 325 g/mol. The molecular weight excluding hydrogens is 305 g/mol. The van der Waals surface area contributed by atoms with E-state index in [9.17, 15) is 4.39 Å². The van der Waals surface area contributed by atoms with E-state index in [1.54, 1.807) is 18.3 Å². The molecule has 3 rings (SSSR count). The molecule has 0 aliphatic rings. The molecule has 0 bridgehead atoms. The van der Waals surface area contributed by atoms with Gasteiger partial charge in [0.1, 0.15) is 11.6 Å². The number of hydrogen-bond donors (Lipinski definition) is 2. The predicted molar refractivity (Wildman–Crippen MR) is 92.1 cm³/mol. The fourth-order valence-electron chi connectivity index (χ4n) is 2.52. The largest absolute Gasteiger partial charge is 0.494 e. The second kappa shape index (κ2) is 7.75. The van der Waals surface area contributed by atoms with Crippen LogP contribution >= 0.6 is 0 Å². The van der Waals surface area contributed by atoms with Gasteiger partial charge in [-0.15, -0.1) is 0 Å². The van der Waals surface area contributed by atoms with E-state index in [0.717, 1.165) is 29.1 Å². The second-order valence-electron chi connectivity index (χ2n) is 5.46. The van der Waals surface area contributed by atoms with Crippen LogP contribution in [0.5, 0.6) is 5.75 Å². The van der Waals surface area contributed by atoms with E-state index in [4.69, 9.17) is 4.74 Å². The van der Waals surface area contributed by atoms with Gasteiger partial charge in [-0.2, -0.15) is 5.10 Å². The summed E-state index contributed by atoms with van der Waals surface area (Å²) in [5.74, 6) is 0.642. The molecule has 0 saturated heterocycles. The van der Waals surface area contributed by atoms with Crippen molar-refractivity contribution in [3.8, 4) is 17.0 Å². The van der Waals surface area contributed by atoms with Crippen LogP contribution in [0.25, 0.3) is 11.3 Å². The van der Waals surface area contributed by atoms with Gasteiger partial charge >= 0.3 is 0 Å². The smallest absolute Gasteiger partial charge is 0.123 e. The number of hydrogen-bond acceptors (Lipinski definition) is 3. The summed E-state index contributed by atoms with van der Waals surface area (Å²) in [5.41, 5.74) is 4.07. The summed E-state index contributed by atoms with van der Waals surface area (Å²) >= 11 is 0. The first-order chi connectivity index (χ1) is 11.8. The lowest BCUT2D eigenvalue weighted by molar-refractivity contribution is 0.340. The molecule has 0 fully saturated rings. The summed E-state index contributed by atoms with van der Waals surface area (Å²) in [7, 11) is 0. The van der Waals surface area contributed by atoms with E-state index in [2.05, 4.69) is 15.5 Å². The minimum atomic E-state index is -0.242. The number of aromatic amines is 1. The Morgan fingerprint density at radius 3 is 2.50 bits per heavy atom. The SMILES string of the molecule is CCOc1ccc(CNCc2cn[nH]c2-c2ccc(F)cc2)cc1. The van der Waals surface area contributed by atoms with Crippen LogP contribution in [0.4, 0.5) is 4.39 Å². The molecule has 1 heterocycles. The minimum Gasteiger partial charge on any atom is -0.494 e. The topological polar surface area (TPSA) is 49.9 Å². The van der Waals surface area contributed by atoms with Crippen molar-refractivity contribution in [1.29, 1.82) is 0 Å². The van der Waals surface area contributed by atoms with Crippen molar-refractivity contribution >= 4 is 0 Å². The summed E-state index contributed by atoms with van der Waals surface area (Å²) in [6, 6.07) is 14.4. The maximum Gasteiger partial charge on any atom is 0.123 e. The van der Waals surface area contributed by atoms with Crippen molar-refractivity contribution in [2.75, 3.05) is 6.61 Å². The van der Waals surface area contributed by atoms with Crippen molar-refractivity contribution < 1.29 is 9.13 Å². The third-order valence-corrected chi connectivity index (χ3v) is 3.73. The molecule has 5 heteroatoms. The molecule has 2 aromatic carbocycles. The fourth-order valence-corrected chi connectivity index (χ4v) is 2.52. The Balaban J connectivity index is 1.59. The normalized spacial score (nSPS) is 10.8. The van der Waals surface area contributed by atoms with Crippen LogP contribution in [0.1, 0.15) is 18.1 Å². The van der Waals surface area contributed by atoms with Crippen LogP contribution in [0.15, 0.2) is 54.7 Å². The third-order valence-electron chi connectivity index (χ3n) is 3.73. The highest BCUT2D eigenvalue weighted by Crippen LogP contribution is 2.21. The lowest BCUT2D eigenvalue weighted by Crippen LogP contribution is -2.12. The fraction of sp³-hybridized carbons (Fsp3) is 0.211. The Bertz CT molecular complexity index is 766. The molecule has 0 spiro atoms. The van der Waals surface area contributed by atoms with Gasteiger partial charge in [0.15, 0.2) is 0 Å². The second-order valence-corrected chi connectivity index (χ2v) is 5.46. The molecule has 0 aliphatic carbocycles. The molecule has 24 heavy (non-hydrogen) atoms. The zero-order chi connectivity index (χ0) is 16.8. The Labute approximate surface area is 140 Å². The van der Waals surface area contributed by atoms with Gasteiger partial charge in [-0.25, -0.2) is 4.39 Å². The maximum atomic E-state index is 13.0. The molecular formula is C19H20FN3O. The summed E-state index contributed by atoms with van der Waals surface area (Å²) < 4.78 is 18.5. The first-order valence-electron chi connectivity index (χ1n) is 7.97. The van der Waals surface area contributed by atoms with E-state index in [0.29, 0.717) is 13.2 Å². The van der Waals surface area contributed by atoms with Crippen LogP contribution in [0, 0.1) is 5.82 Å². The molecule has 4 nitrogen and oxygen atoms in total. The van der Waals surface area contributed by atoms with Crippen molar-refractivity contribution in [2.24, 2.45) is 0 Å². The molecule has 1 aromatic heterocycles. The number of H-pyrrole nitrogens is 1. The zero-order valence-corrected chi connectivity index (χ0v) is 13.6. The Hall–Kier alpha value is -2.66. The van der Waals surface area contributed by atoms with Crippen LogP contribution in [-0.4, -0.2) is 16.8 Å². The standard InChI is InChI=1S/C19H20FN3O/c1-2-24-18-9-3-14(4-10-18)11-21-12-16-13-22-23-19(16)15-5-7-17(20)8-6-15/h3-10,13,21H,2,11-12H2,1H3,(H,22,23). The number of rotatable bonds is 7. The monoisotopic (exact) mass is 325 g/mol. The molecule has 0 unspecified atom stereocenters. The van der Waals surface area contributed by atoms with Gasteiger partial charge in [-0.3, -0.25) is 5.10 Å². The molecule has 0 saturated carbocycles. The highest BCUT2D eigenvalue weighted by Gasteiger charge is 2.07. The van der Waals surface area contributed by atoms with Gasteiger partial charge in [0.05, 0.1) is 18.5 Å². The van der Waals surface area contributed by atoms with E-state index < -0.39 is 0 Å². The summed E-state index contributed by atoms with van der Waals surface area (Å²) in [6.07, 6.45) is 1.80. The first kappa shape index (κ1) is 16.2. The molecule has 0 aliphatic heterocycles. The van der Waals surface area contributed by atoms with Crippen molar-refractivity contribution in [3.05, 3.63) is 71.7 Å². The molecule has 0 amide bonds. The van der Waals surface area contributed by atoms with Crippen LogP contribution in [0.2, 0.25) is 0 Å². The van der Waals surface area contributed by atoms with E-state index in [1.165, 1.54) is 17.7 Å². The van der Waals surface area contributed by atoms with Crippen molar-refractivity contribution in [1.82, 2.24) is 15.5 Å². The number of nitrogens with one attached hydrogen (secondary N) is 2. The molecule has 124 valence electrons. The van der Waals surface area contributed by atoms with Crippen LogP contribution in [0.3, 0.4) is 0 Å². The highest BCUT2D eigenvalue weighted by atomic mass is 19.1. The Morgan fingerprint density at radius 2 is 1.79 bits per heavy atom. The minimum absolute atomic E-state index is 0.242. The van der Waals surface area contributed by atoms with E-state index in [1.807, 2.05) is 31.2 Å². The quantitative estimate of drug-likeness (QED) is 0.692. The van der Waals surface area contributed by atoms with E-state index >= 15 is 0 Å². The van der Waals surface area contributed by atoms with Gasteiger partial charge in [-0.05, 0) is 48.9 Å². The number of halogens is 1. The lowest BCUT2D eigenvalue weighted by Gasteiger charge is -2.07. The number of aromatic nitrogens is 2. The highest BCUT2D eigenvalue weighted by molar-refractivity contribution is 5.62. The number of nitrogens with zero attached hydrogens (tertiary/aromatic N) is 1. The van der Waals surface area contributed by atoms with Crippen molar-refractivity contribution in [3.63, 3.8) is 0 Å². The lowest BCUT2D eigenvalue weighted by atomic mass is 10.1. The van der Waals surface area contributed by atoms with Gasteiger partial charge in [0, 0.05) is 24.2 Å². The predicted octanol–water partition coefficient (Wildman–Crippen LogP) is 3.90.